The molecule has 2 saturated heterocycles. The second-order valence-corrected chi connectivity index (χ2v) is 7.70. The summed E-state index contributed by atoms with van der Waals surface area (Å²) in [6.07, 6.45) is -2.96. The Hall–Kier alpha value is -1.16. The van der Waals surface area contributed by atoms with Crippen molar-refractivity contribution < 1.29 is 31.1 Å². The van der Waals surface area contributed by atoms with E-state index >= 15 is 0 Å². The highest BCUT2D eigenvalue weighted by Crippen LogP contribution is 2.32. The zero-order chi connectivity index (χ0) is 17.4. The first kappa shape index (κ1) is 17.7. The van der Waals surface area contributed by atoms with Crippen molar-refractivity contribution >= 4 is 10.0 Å². The summed E-state index contributed by atoms with van der Waals surface area (Å²) in [6.45, 7) is 1.13. The molecule has 2 aliphatic heterocycles. The molecule has 1 aromatic carbocycles. The van der Waals surface area contributed by atoms with Gasteiger partial charge in [0.1, 0.15) is 0 Å². The molecule has 0 unspecified atom stereocenters. The summed E-state index contributed by atoms with van der Waals surface area (Å²) < 4.78 is 75.8. The molecule has 0 aliphatic carbocycles. The van der Waals surface area contributed by atoms with Crippen LogP contribution in [0.15, 0.2) is 29.2 Å². The van der Waals surface area contributed by atoms with Crippen LogP contribution >= 0.6 is 0 Å². The molecule has 1 aromatic rings. The largest absolute Gasteiger partial charge is 0.416 e. The molecule has 1 atom stereocenters. The van der Waals surface area contributed by atoms with Crippen molar-refractivity contribution in [1.29, 1.82) is 0 Å². The van der Waals surface area contributed by atoms with E-state index in [0.717, 1.165) is 30.7 Å². The van der Waals surface area contributed by atoms with Gasteiger partial charge in [-0.05, 0) is 37.1 Å². The van der Waals surface area contributed by atoms with Gasteiger partial charge in [-0.1, -0.05) is 6.42 Å². The molecule has 0 saturated carbocycles. The molecule has 0 bridgehead atoms. The lowest BCUT2D eigenvalue weighted by Crippen LogP contribution is -2.50. The highest BCUT2D eigenvalue weighted by Gasteiger charge is 2.40. The number of sulfonamides is 1. The van der Waals surface area contributed by atoms with Crippen LogP contribution in [0.25, 0.3) is 0 Å². The second-order valence-electron chi connectivity index (χ2n) is 5.81. The number of nitrogens with zero attached hydrogens (tertiary/aromatic N) is 1. The molecule has 134 valence electrons. The van der Waals surface area contributed by atoms with Crippen molar-refractivity contribution in [1.82, 2.24) is 4.31 Å². The van der Waals surface area contributed by atoms with Crippen LogP contribution in [0.1, 0.15) is 24.8 Å². The summed E-state index contributed by atoms with van der Waals surface area (Å²) >= 11 is 0. The van der Waals surface area contributed by atoms with E-state index in [1.54, 1.807) is 0 Å². The lowest BCUT2D eigenvalue weighted by atomic mass is 10.0. The van der Waals surface area contributed by atoms with Crippen molar-refractivity contribution in [3.05, 3.63) is 29.8 Å². The lowest BCUT2D eigenvalue weighted by molar-refractivity contribution is -0.137. The van der Waals surface area contributed by atoms with Crippen LogP contribution in [0, 0.1) is 0 Å². The Morgan fingerprint density at radius 3 is 2.25 bits per heavy atom. The third-order valence-corrected chi connectivity index (χ3v) is 6.19. The number of hydrogen-bond donors (Lipinski definition) is 0. The average molecular weight is 365 g/mol. The van der Waals surface area contributed by atoms with Gasteiger partial charge in [0.25, 0.3) is 0 Å². The fraction of sp³-hybridized carbons (Fsp3) is 0.600. The molecular weight excluding hydrogens is 347 g/mol. The predicted octanol–water partition coefficient (Wildman–Crippen LogP) is 2.62. The maximum absolute atomic E-state index is 12.8. The van der Waals surface area contributed by atoms with E-state index in [2.05, 4.69) is 0 Å². The number of alkyl halides is 3. The van der Waals surface area contributed by atoms with Gasteiger partial charge >= 0.3 is 6.18 Å². The van der Waals surface area contributed by atoms with Crippen LogP contribution < -0.4 is 0 Å². The Morgan fingerprint density at radius 1 is 1.04 bits per heavy atom. The third-order valence-electron chi connectivity index (χ3n) is 4.25. The van der Waals surface area contributed by atoms with Gasteiger partial charge in [0.2, 0.25) is 10.0 Å². The Morgan fingerprint density at radius 2 is 1.67 bits per heavy atom. The van der Waals surface area contributed by atoms with Crippen LogP contribution in [0.4, 0.5) is 13.2 Å². The first-order chi connectivity index (χ1) is 11.3. The molecule has 24 heavy (non-hydrogen) atoms. The second kappa shape index (κ2) is 6.62. The lowest BCUT2D eigenvalue weighted by Gasteiger charge is -2.36. The van der Waals surface area contributed by atoms with E-state index in [9.17, 15) is 21.6 Å². The van der Waals surface area contributed by atoms with E-state index in [1.165, 1.54) is 4.31 Å². The van der Waals surface area contributed by atoms with Crippen molar-refractivity contribution in [3.8, 4) is 0 Å². The number of halogens is 3. The summed E-state index contributed by atoms with van der Waals surface area (Å²) in [4.78, 5) is -0.152. The molecule has 0 radical (unpaired) electrons. The number of rotatable bonds is 3. The summed E-state index contributed by atoms with van der Waals surface area (Å²) in [5.74, 6) is 0. The minimum atomic E-state index is -4.50. The van der Waals surface area contributed by atoms with Gasteiger partial charge in [-0.25, -0.2) is 8.42 Å². The van der Waals surface area contributed by atoms with E-state index in [4.69, 9.17) is 9.47 Å². The monoisotopic (exact) mass is 365 g/mol. The Bertz CT molecular complexity index is 669. The van der Waals surface area contributed by atoms with Crippen LogP contribution in [0.5, 0.6) is 0 Å². The predicted molar refractivity (Wildman–Crippen MR) is 78.7 cm³/mol. The van der Waals surface area contributed by atoms with Gasteiger partial charge in [0.15, 0.2) is 6.29 Å². The fourth-order valence-electron chi connectivity index (χ4n) is 3.05. The van der Waals surface area contributed by atoms with Gasteiger partial charge in [-0.3, -0.25) is 0 Å². The number of piperidine rings is 1. The summed E-state index contributed by atoms with van der Waals surface area (Å²) in [6, 6.07) is 3.12. The zero-order valence-electron chi connectivity index (χ0n) is 12.8. The number of ether oxygens (including phenoxy) is 2. The molecule has 2 heterocycles. The van der Waals surface area contributed by atoms with Gasteiger partial charge in [0, 0.05) is 6.54 Å². The van der Waals surface area contributed by atoms with Gasteiger partial charge in [-0.2, -0.15) is 17.5 Å². The van der Waals surface area contributed by atoms with Crippen molar-refractivity contribution in [2.24, 2.45) is 0 Å². The third kappa shape index (κ3) is 3.44. The Labute approximate surface area is 138 Å². The average Bonchev–Trinajstić information content (AvgIpc) is 3.08. The van der Waals surface area contributed by atoms with Crippen molar-refractivity contribution in [2.75, 3.05) is 19.8 Å². The molecule has 2 fully saturated rings. The molecule has 0 spiro atoms. The van der Waals surface area contributed by atoms with Gasteiger partial charge < -0.3 is 9.47 Å². The standard InChI is InChI=1S/C15H18F3NO4S/c16-15(17,18)11-4-6-12(7-5-11)24(20,21)19-8-2-1-3-13(19)14-22-9-10-23-14/h4-7,13-14H,1-3,8-10H2/t13-/m1/s1. The summed E-state index contributed by atoms with van der Waals surface area (Å²) in [5, 5.41) is 0. The molecule has 0 aromatic heterocycles. The molecule has 0 amide bonds. The van der Waals surface area contributed by atoms with E-state index in [0.29, 0.717) is 32.6 Å². The summed E-state index contributed by atoms with van der Waals surface area (Å²) in [5.41, 5.74) is -0.876. The molecule has 0 N–H and O–H groups in total. The Balaban J connectivity index is 1.87. The minimum Gasteiger partial charge on any atom is -0.349 e. The molecule has 9 heteroatoms. The molecule has 2 aliphatic rings. The van der Waals surface area contributed by atoms with Crippen molar-refractivity contribution in [3.63, 3.8) is 0 Å². The maximum atomic E-state index is 12.8. The normalized spacial score (nSPS) is 24.4. The highest BCUT2D eigenvalue weighted by atomic mass is 32.2. The SMILES string of the molecule is O=S(=O)(c1ccc(C(F)(F)F)cc1)N1CCCC[C@@H]1C1OCCO1. The van der Waals surface area contributed by atoms with Crippen LogP contribution in [0.2, 0.25) is 0 Å². The van der Waals surface area contributed by atoms with E-state index in [1.807, 2.05) is 0 Å². The zero-order valence-corrected chi connectivity index (χ0v) is 13.6. The van der Waals surface area contributed by atoms with Crippen molar-refractivity contribution in [2.45, 2.75) is 42.7 Å². The first-order valence-electron chi connectivity index (χ1n) is 7.72. The molecular formula is C15H18F3NO4S. The quantitative estimate of drug-likeness (QED) is 0.826. The van der Waals surface area contributed by atoms with Crippen LogP contribution in [-0.2, 0) is 25.7 Å². The van der Waals surface area contributed by atoms with Gasteiger partial charge in [0.05, 0.1) is 29.7 Å². The number of benzene rings is 1. The van der Waals surface area contributed by atoms with E-state index in [-0.39, 0.29) is 4.90 Å². The summed E-state index contributed by atoms with van der Waals surface area (Å²) in [7, 11) is -3.90. The van der Waals surface area contributed by atoms with Crippen LogP contribution in [-0.4, -0.2) is 44.8 Å². The smallest absolute Gasteiger partial charge is 0.349 e. The topological polar surface area (TPSA) is 55.8 Å². The maximum Gasteiger partial charge on any atom is 0.416 e. The first-order valence-corrected chi connectivity index (χ1v) is 9.16. The van der Waals surface area contributed by atoms with Crippen LogP contribution in [0.3, 0.4) is 0 Å². The Kier molecular flexibility index (Phi) is 4.87. The molecule has 5 nitrogen and oxygen atoms in total. The number of hydrogen-bond acceptors (Lipinski definition) is 4. The van der Waals surface area contributed by atoms with E-state index < -0.39 is 34.1 Å². The highest BCUT2D eigenvalue weighted by molar-refractivity contribution is 7.89. The fourth-order valence-corrected chi connectivity index (χ4v) is 4.73. The molecule has 3 rings (SSSR count). The minimum absolute atomic E-state index is 0.152. The van der Waals surface area contributed by atoms with Gasteiger partial charge in [-0.15, -0.1) is 0 Å².